The Morgan fingerprint density at radius 3 is 2.87 bits per heavy atom. The third-order valence-corrected chi connectivity index (χ3v) is 2.79. The summed E-state index contributed by atoms with van der Waals surface area (Å²) in [6.45, 7) is 2.94. The minimum atomic E-state index is 0.493. The monoisotopic (exact) mass is 226 g/mol. The Morgan fingerprint density at radius 2 is 2.20 bits per heavy atom. The molecule has 0 aromatic heterocycles. The SMILES string of the molecule is CCc1c(C=O)cc2c(c1Cl)OCCO2. The van der Waals surface area contributed by atoms with Gasteiger partial charge in [0, 0.05) is 5.56 Å². The summed E-state index contributed by atoms with van der Waals surface area (Å²) >= 11 is 6.15. The van der Waals surface area contributed by atoms with E-state index in [1.165, 1.54) is 0 Å². The number of hydrogen-bond acceptors (Lipinski definition) is 3. The third-order valence-electron chi connectivity index (χ3n) is 2.39. The Balaban J connectivity index is 2.61. The number of carbonyl (C=O) groups excluding carboxylic acids is 1. The van der Waals surface area contributed by atoms with Gasteiger partial charge in [-0.25, -0.2) is 0 Å². The quantitative estimate of drug-likeness (QED) is 0.727. The Hall–Kier alpha value is -1.22. The van der Waals surface area contributed by atoms with Crippen LogP contribution in [-0.2, 0) is 6.42 Å². The summed E-state index contributed by atoms with van der Waals surface area (Å²) < 4.78 is 10.8. The molecule has 0 radical (unpaired) electrons. The second-order valence-electron chi connectivity index (χ2n) is 3.25. The number of carbonyl (C=O) groups is 1. The summed E-state index contributed by atoms with van der Waals surface area (Å²) in [5.41, 5.74) is 1.39. The van der Waals surface area contributed by atoms with Crippen molar-refractivity contribution in [3.8, 4) is 11.5 Å². The van der Waals surface area contributed by atoms with Gasteiger partial charge in [-0.3, -0.25) is 4.79 Å². The maximum Gasteiger partial charge on any atom is 0.180 e. The molecule has 1 heterocycles. The molecule has 1 aromatic carbocycles. The van der Waals surface area contributed by atoms with Gasteiger partial charge in [0.1, 0.15) is 13.2 Å². The average molecular weight is 227 g/mol. The van der Waals surface area contributed by atoms with Crippen LogP contribution in [0.25, 0.3) is 0 Å². The molecule has 3 nitrogen and oxygen atoms in total. The van der Waals surface area contributed by atoms with E-state index in [2.05, 4.69) is 0 Å². The van der Waals surface area contributed by atoms with E-state index in [-0.39, 0.29) is 0 Å². The smallest absolute Gasteiger partial charge is 0.180 e. The van der Waals surface area contributed by atoms with Crippen molar-refractivity contribution in [1.82, 2.24) is 0 Å². The molecule has 0 aliphatic carbocycles. The van der Waals surface area contributed by atoms with Crippen LogP contribution in [0.1, 0.15) is 22.8 Å². The zero-order chi connectivity index (χ0) is 10.8. The van der Waals surface area contributed by atoms with Crippen LogP contribution in [0.2, 0.25) is 5.02 Å². The summed E-state index contributed by atoms with van der Waals surface area (Å²) in [6.07, 6.45) is 1.49. The van der Waals surface area contributed by atoms with E-state index < -0.39 is 0 Å². The molecule has 0 amide bonds. The van der Waals surface area contributed by atoms with Crippen molar-refractivity contribution >= 4 is 17.9 Å². The van der Waals surface area contributed by atoms with Gasteiger partial charge in [-0.15, -0.1) is 0 Å². The van der Waals surface area contributed by atoms with Crippen LogP contribution in [0, 0.1) is 0 Å². The van der Waals surface area contributed by atoms with Gasteiger partial charge in [0.2, 0.25) is 0 Å². The van der Waals surface area contributed by atoms with Gasteiger partial charge in [0.05, 0.1) is 5.02 Å². The topological polar surface area (TPSA) is 35.5 Å². The minimum absolute atomic E-state index is 0.493. The van der Waals surface area contributed by atoms with Gasteiger partial charge < -0.3 is 9.47 Å². The highest BCUT2D eigenvalue weighted by molar-refractivity contribution is 6.33. The molecule has 0 saturated heterocycles. The fraction of sp³-hybridized carbons (Fsp3) is 0.364. The van der Waals surface area contributed by atoms with Crippen molar-refractivity contribution < 1.29 is 14.3 Å². The van der Waals surface area contributed by atoms with Crippen LogP contribution >= 0.6 is 11.6 Å². The number of rotatable bonds is 2. The van der Waals surface area contributed by atoms with Gasteiger partial charge >= 0.3 is 0 Å². The molecular formula is C11H11ClO3. The van der Waals surface area contributed by atoms with Crippen molar-refractivity contribution in [2.24, 2.45) is 0 Å². The van der Waals surface area contributed by atoms with Crippen molar-refractivity contribution in [2.45, 2.75) is 13.3 Å². The second kappa shape index (κ2) is 4.11. The summed E-state index contributed by atoms with van der Waals surface area (Å²) in [7, 11) is 0. The zero-order valence-corrected chi connectivity index (χ0v) is 9.13. The summed E-state index contributed by atoms with van der Waals surface area (Å²) in [6, 6.07) is 1.69. The van der Waals surface area contributed by atoms with E-state index >= 15 is 0 Å². The van der Waals surface area contributed by atoms with E-state index in [0.717, 1.165) is 11.8 Å². The molecule has 2 rings (SSSR count). The van der Waals surface area contributed by atoms with E-state index in [9.17, 15) is 4.79 Å². The van der Waals surface area contributed by atoms with Crippen LogP contribution in [0.5, 0.6) is 11.5 Å². The van der Waals surface area contributed by atoms with E-state index in [0.29, 0.717) is 41.7 Å². The van der Waals surface area contributed by atoms with Gasteiger partial charge in [-0.2, -0.15) is 0 Å². The predicted molar refractivity (Wildman–Crippen MR) is 57.2 cm³/mol. The molecule has 1 aliphatic heterocycles. The Labute approximate surface area is 92.9 Å². The van der Waals surface area contributed by atoms with E-state index in [1.54, 1.807) is 6.07 Å². The van der Waals surface area contributed by atoms with Gasteiger partial charge in [-0.1, -0.05) is 18.5 Å². The molecule has 0 atom stereocenters. The Kier molecular flexibility index (Phi) is 2.82. The second-order valence-corrected chi connectivity index (χ2v) is 3.63. The molecule has 0 saturated carbocycles. The lowest BCUT2D eigenvalue weighted by atomic mass is 10.0. The zero-order valence-electron chi connectivity index (χ0n) is 8.38. The molecule has 1 aliphatic rings. The maximum atomic E-state index is 10.9. The third kappa shape index (κ3) is 1.67. The number of ether oxygens (including phenoxy) is 2. The van der Waals surface area contributed by atoms with Crippen LogP contribution in [0.4, 0.5) is 0 Å². The predicted octanol–water partition coefficient (Wildman–Crippen LogP) is 2.49. The normalized spacial score (nSPS) is 13.7. The van der Waals surface area contributed by atoms with Crippen LogP contribution < -0.4 is 9.47 Å². The first-order valence-electron chi connectivity index (χ1n) is 4.84. The standard InChI is InChI=1S/C11H11ClO3/c1-2-8-7(6-13)5-9-11(10(8)12)15-4-3-14-9/h5-6H,2-4H2,1H3. The molecule has 0 unspecified atom stereocenters. The van der Waals surface area contributed by atoms with Gasteiger partial charge in [0.25, 0.3) is 0 Å². The molecule has 0 fully saturated rings. The fourth-order valence-corrected chi connectivity index (χ4v) is 2.06. The molecular weight excluding hydrogens is 216 g/mol. The van der Waals surface area contributed by atoms with Gasteiger partial charge in [0.15, 0.2) is 17.8 Å². The number of aldehydes is 1. The highest BCUT2D eigenvalue weighted by Gasteiger charge is 2.20. The summed E-state index contributed by atoms with van der Waals surface area (Å²) in [5, 5.41) is 0.497. The summed E-state index contributed by atoms with van der Waals surface area (Å²) in [5.74, 6) is 1.12. The molecule has 0 spiro atoms. The molecule has 0 bridgehead atoms. The van der Waals surface area contributed by atoms with E-state index in [1.807, 2.05) is 6.92 Å². The highest BCUT2D eigenvalue weighted by atomic mass is 35.5. The lowest BCUT2D eigenvalue weighted by Crippen LogP contribution is -2.16. The van der Waals surface area contributed by atoms with Crippen molar-refractivity contribution in [3.05, 3.63) is 22.2 Å². The lowest BCUT2D eigenvalue weighted by Gasteiger charge is -2.21. The number of hydrogen-bond donors (Lipinski definition) is 0. The largest absolute Gasteiger partial charge is 0.486 e. The fourth-order valence-electron chi connectivity index (χ4n) is 1.67. The summed E-state index contributed by atoms with van der Waals surface area (Å²) in [4.78, 5) is 10.9. The van der Waals surface area contributed by atoms with Gasteiger partial charge in [-0.05, 0) is 18.1 Å². The van der Waals surface area contributed by atoms with E-state index in [4.69, 9.17) is 21.1 Å². The van der Waals surface area contributed by atoms with Crippen molar-refractivity contribution in [2.75, 3.05) is 13.2 Å². The molecule has 4 heteroatoms. The van der Waals surface area contributed by atoms with Crippen LogP contribution in [0.15, 0.2) is 6.07 Å². The lowest BCUT2D eigenvalue weighted by molar-refractivity contribution is 0.112. The molecule has 0 N–H and O–H groups in total. The first-order chi connectivity index (χ1) is 7.27. The molecule has 80 valence electrons. The number of benzene rings is 1. The first kappa shape index (κ1) is 10.3. The minimum Gasteiger partial charge on any atom is -0.486 e. The number of fused-ring (bicyclic) bond motifs is 1. The van der Waals surface area contributed by atoms with Crippen molar-refractivity contribution in [1.29, 1.82) is 0 Å². The van der Waals surface area contributed by atoms with Crippen LogP contribution in [0.3, 0.4) is 0 Å². The molecule has 15 heavy (non-hydrogen) atoms. The Bertz CT molecular complexity index is 401. The molecule has 1 aromatic rings. The maximum absolute atomic E-state index is 10.9. The Morgan fingerprint density at radius 1 is 1.47 bits per heavy atom. The van der Waals surface area contributed by atoms with Crippen molar-refractivity contribution in [3.63, 3.8) is 0 Å². The van der Waals surface area contributed by atoms with Crippen LogP contribution in [-0.4, -0.2) is 19.5 Å². The average Bonchev–Trinajstić information content (AvgIpc) is 2.29. The highest BCUT2D eigenvalue weighted by Crippen LogP contribution is 2.41. The first-order valence-corrected chi connectivity index (χ1v) is 5.21. The number of halogens is 1.